The largest absolute Gasteiger partial charge is 0.343 e. The van der Waals surface area contributed by atoms with Gasteiger partial charge in [0.05, 0.1) is 6.04 Å². The van der Waals surface area contributed by atoms with E-state index in [1.807, 2.05) is 50.2 Å². The summed E-state index contributed by atoms with van der Waals surface area (Å²) in [4.78, 5) is 15.4. The number of carbonyl (C=O) groups excluding carboxylic acids is 1. The Labute approximate surface area is 163 Å². The molecule has 2 aromatic carbocycles. The maximum atomic E-state index is 12.9. The third-order valence-electron chi connectivity index (χ3n) is 6.24. The Kier molecular flexibility index (Phi) is 6.33. The highest BCUT2D eigenvalue weighted by atomic mass is 16.1. The third kappa shape index (κ3) is 3.93. The molecular weight excluding hydrogens is 332 g/mol. The molecule has 0 radical (unpaired) electrons. The van der Waals surface area contributed by atoms with Crippen molar-refractivity contribution in [1.82, 2.24) is 10.2 Å². The number of nitrogens with zero attached hydrogens (tertiary/aromatic N) is 1. The number of hydrogen-bond acceptors (Lipinski definition) is 2. The van der Waals surface area contributed by atoms with E-state index in [0.29, 0.717) is 0 Å². The molecule has 2 heterocycles. The summed E-state index contributed by atoms with van der Waals surface area (Å²) in [7, 11) is 2.23. The minimum absolute atomic E-state index is 0.0184. The second kappa shape index (κ2) is 8.71. The van der Waals surface area contributed by atoms with Crippen LogP contribution in [0.2, 0.25) is 0 Å². The van der Waals surface area contributed by atoms with Crippen LogP contribution >= 0.6 is 0 Å². The van der Waals surface area contributed by atoms with Crippen LogP contribution < -0.4 is 5.32 Å². The van der Waals surface area contributed by atoms with E-state index in [-0.39, 0.29) is 17.5 Å². The maximum Gasteiger partial charge on any atom is 0.251 e. The van der Waals surface area contributed by atoms with Gasteiger partial charge in [0.15, 0.2) is 0 Å². The number of amides is 1. The number of carbonyl (C=O) groups is 1. The van der Waals surface area contributed by atoms with E-state index in [1.165, 1.54) is 18.4 Å². The quantitative estimate of drug-likeness (QED) is 0.822. The molecule has 1 atom stereocenters. The van der Waals surface area contributed by atoms with Gasteiger partial charge < -0.3 is 5.32 Å². The van der Waals surface area contributed by atoms with E-state index < -0.39 is 0 Å². The summed E-state index contributed by atoms with van der Waals surface area (Å²) in [6.45, 7) is 5.14. The van der Waals surface area contributed by atoms with Crippen molar-refractivity contribution < 1.29 is 4.79 Å². The number of piperidine rings is 2. The maximum absolute atomic E-state index is 12.9. The Balaban J connectivity index is 0.00000102. The van der Waals surface area contributed by atoms with Crippen molar-refractivity contribution in [2.24, 2.45) is 5.92 Å². The van der Waals surface area contributed by atoms with Crippen LogP contribution in [0.1, 0.15) is 61.5 Å². The zero-order chi connectivity index (χ0) is 19.3. The van der Waals surface area contributed by atoms with Gasteiger partial charge in [0.25, 0.3) is 5.91 Å². The second-order valence-electron chi connectivity index (χ2n) is 7.61. The van der Waals surface area contributed by atoms with E-state index in [9.17, 15) is 4.79 Å². The van der Waals surface area contributed by atoms with E-state index in [1.54, 1.807) is 0 Å². The van der Waals surface area contributed by atoms with Gasteiger partial charge in [-0.05, 0) is 56.3 Å². The first-order valence-corrected chi connectivity index (χ1v) is 10.3. The first-order valence-electron chi connectivity index (χ1n) is 10.3. The molecule has 144 valence electrons. The molecule has 0 unspecified atom stereocenters. The lowest BCUT2D eigenvalue weighted by molar-refractivity contribution is -0.0404. The average molecular weight is 365 g/mol. The number of hydrogen-bond donors (Lipinski definition) is 1. The zero-order valence-corrected chi connectivity index (χ0v) is 16.8. The van der Waals surface area contributed by atoms with Gasteiger partial charge in [0, 0.05) is 17.6 Å². The molecule has 2 aliphatic heterocycles. The Bertz CT molecular complexity index is 721. The van der Waals surface area contributed by atoms with E-state index in [4.69, 9.17) is 0 Å². The third-order valence-corrected chi connectivity index (χ3v) is 6.24. The Morgan fingerprint density at radius 1 is 1.00 bits per heavy atom. The van der Waals surface area contributed by atoms with Crippen molar-refractivity contribution in [3.8, 4) is 0 Å². The molecule has 1 saturated carbocycles. The van der Waals surface area contributed by atoms with Crippen LogP contribution in [0.5, 0.6) is 0 Å². The van der Waals surface area contributed by atoms with Crippen LogP contribution in [-0.4, -0.2) is 29.9 Å². The summed E-state index contributed by atoms with van der Waals surface area (Å²) in [6, 6.07) is 20.1. The predicted molar refractivity (Wildman–Crippen MR) is 112 cm³/mol. The molecule has 0 aromatic heterocycles. The number of nitrogens with one attached hydrogen (secondary N) is 1. The molecule has 1 N–H and O–H groups in total. The average Bonchev–Trinajstić information content (AvgIpc) is 2.75. The van der Waals surface area contributed by atoms with E-state index in [2.05, 4.69) is 41.5 Å². The van der Waals surface area contributed by atoms with Crippen LogP contribution in [0.15, 0.2) is 60.7 Å². The van der Waals surface area contributed by atoms with Crippen LogP contribution in [0.4, 0.5) is 0 Å². The normalized spacial score (nSPS) is 25.2. The Hall–Kier alpha value is -2.13. The summed E-state index contributed by atoms with van der Waals surface area (Å²) >= 11 is 0. The zero-order valence-electron chi connectivity index (χ0n) is 16.8. The summed E-state index contributed by atoms with van der Waals surface area (Å²) < 4.78 is 0. The van der Waals surface area contributed by atoms with Crippen molar-refractivity contribution in [3.63, 3.8) is 0 Å². The number of benzene rings is 2. The number of fused-ring (bicyclic) bond motifs is 3. The minimum Gasteiger partial charge on any atom is -0.343 e. The van der Waals surface area contributed by atoms with Crippen LogP contribution in [0.25, 0.3) is 0 Å². The van der Waals surface area contributed by atoms with Gasteiger partial charge >= 0.3 is 0 Å². The number of likely N-dealkylation sites (N-methyl/N-ethyl adjacent to an activating group) is 1. The van der Waals surface area contributed by atoms with E-state index in [0.717, 1.165) is 30.9 Å². The topological polar surface area (TPSA) is 32.3 Å². The van der Waals surface area contributed by atoms with Crippen LogP contribution in [-0.2, 0) is 0 Å². The molecule has 27 heavy (non-hydrogen) atoms. The van der Waals surface area contributed by atoms with Gasteiger partial charge in [0.2, 0.25) is 0 Å². The first-order chi connectivity index (χ1) is 13.2. The summed E-state index contributed by atoms with van der Waals surface area (Å²) in [5.74, 6) is 0.845. The van der Waals surface area contributed by atoms with Crippen LogP contribution in [0, 0.1) is 5.92 Å². The molecule has 5 rings (SSSR count). The first kappa shape index (κ1) is 19.6. The lowest BCUT2D eigenvalue weighted by Crippen LogP contribution is -2.62. The van der Waals surface area contributed by atoms with Crippen molar-refractivity contribution >= 4 is 5.91 Å². The van der Waals surface area contributed by atoms with Gasteiger partial charge in [-0.1, -0.05) is 62.4 Å². The fourth-order valence-electron chi connectivity index (χ4n) is 4.80. The highest BCUT2D eigenvalue weighted by Crippen LogP contribution is 2.48. The second-order valence-corrected chi connectivity index (χ2v) is 7.61. The fourth-order valence-corrected chi connectivity index (χ4v) is 4.80. The Morgan fingerprint density at radius 2 is 1.56 bits per heavy atom. The summed E-state index contributed by atoms with van der Waals surface area (Å²) in [6.07, 6.45) is 4.86. The molecule has 3 heteroatoms. The highest BCUT2D eigenvalue weighted by molar-refractivity contribution is 5.94. The molecule has 1 amide bonds. The molecule has 0 spiro atoms. The van der Waals surface area contributed by atoms with Crippen molar-refractivity contribution in [2.75, 3.05) is 13.6 Å². The van der Waals surface area contributed by atoms with Crippen molar-refractivity contribution in [2.45, 2.75) is 51.1 Å². The minimum atomic E-state index is 0.0184. The summed E-state index contributed by atoms with van der Waals surface area (Å²) in [5, 5.41) is 3.39. The van der Waals surface area contributed by atoms with Gasteiger partial charge in [-0.3, -0.25) is 9.69 Å². The SMILES string of the molecule is CC.CN1CC2CCC1([C@@H](NC(=O)c1ccccc1)c1ccccc1)CC2. The summed E-state index contributed by atoms with van der Waals surface area (Å²) in [5.41, 5.74) is 1.96. The standard InChI is InChI=1S/C22H26N2O.C2H6/c1-24-16-17-12-14-22(24,15-13-17)20(18-8-4-2-5-9-18)23-21(25)19-10-6-3-7-11-19;1-2/h2-11,17,20H,12-16H2,1H3,(H,23,25);1-2H3/t17?,20-,22?;/m0./s1. The van der Waals surface area contributed by atoms with Gasteiger partial charge in [-0.25, -0.2) is 0 Å². The molecule has 3 fully saturated rings. The Morgan fingerprint density at radius 3 is 2.11 bits per heavy atom. The molecule has 1 aliphatic carbocycles. The van der Waals surface area contributed by atoms with Gasteiger partial charge in [0.1, 0.15) is 0 Å². The lowest BCUT2D eigenvalue weighted by Gasteiger charge is -2.57. The molecule has 2 bridgehead atoms. The highest BCUT2D eigenvalue weighted by Gasteiger charge is 2.50. The van der Waals surface area contributed by atoms with E-state index >= 15 is 0 Å². The predicted octanol–water partition coefficient (Wildman–Crippen LogP) is 5.06. The van der Waals surface area contributed by atoms with Crippen LogP contribution in [0.3, 0.4) is 0 Å². The molecule has 3 nitrogen and oxygen atoms in total. The monoisotopic (exact) mass is 364 g/mol. The molecule has 2 aromatic rings. The smallest absolute Gasteiger partial charge is 0.251 e. The number of rotatable bonds is 4. The lowest BCUT2D eigenvalue weighted by atomic mass is 9.66. The molecular formula is C24H32N2O. The fraction of sp³-hybridized carbons (Fsp3) is 0.458. The van der Waals surface area contributed by atoms with Crippen molar-refractivity contribution in [3.05, 3.63) is 71.8 Å². The molecule has 3 aliphatic rings. The van der Waals surface area contributed by atoms with Gasteiger partial charge in [-0.2, -0.15) is 0 Å². The van der Waals surface area contributed by atoms with Crippen molar-refractivity contribution in [1.29, 1.82) is 0 Å². The molecule has 2 saturated heterocycles. The van der Waals surface area contributed by atoms with Gasteiger partial charge in [-0.15, -0.1) is 0 Å².